The molecule has 1 aliphatic rings. The quantitative estimate of drug-likeness (QED) is 0.714. The maximum atomic E-state index is 4.10. The highest BCUT2D eigenvalue weighted by Gasteiger charge is 2.28. The van der Waals surface area contributed by atoms with Gasteiger partial charge in [-0.05, 0) is 25.3 Å². The minimum absolute atomic E-state index is 0.999. The van der Waals surface area contributed by atoms with Gasteiger partial charge in [-0.25, -0.2) is 0 Å². The first-order chi connectivity index (χ1) is 6.29. The molecular formula is C10H14N2S. The van der Waals surface area contributed by atoms with Crippen LogP contribution in [0.5, 0.6) is 0 Å². The molecule has 0 radical (unpaired) electrons. The third kappa shape index (κ3) is 1.07. The summed E-state index contributed by atoms with van der Waals surface area (Å²) in [6.07, 6.45) is 0. The molecule has 2 nitrogen and oxygen atoms in total. The van der Waals surface area contributed by atoms with E-state index in [-0.39, 0.29) is 0 Å². The first-order valence-corrected chi connectivity index (χ1v) is 5.49. The Balaban J connectivity index is 2.44. The lowest BCUT2D eigenvalue weighted by molar-refractivity contribution is 0.906. The Bertz CT molecular complexity index is 301. The summed E-state index contributed by atoms with van der Waals surface area (Å²) in [5.74, 6) is 1.12. The van der Waals surface area contributed by atoms with Gasteiger partial charge in [-0.2, -0.15) is 0 Å². The van der Waals surface area contributed by atoms with E-state index in [1.165, 1.54) is 10.7 Å². The van der Waals surface area contributed by atoms with Crippen LogP contribution >= 0.6 is 11.3 Å². The molecule has 0 fully saturated rings. The number of anilines is 2. The van der Waals surface area contributed by atoms with Gasteiger partial charge >= 0.3 is 0 Å². The molecule has 0 atom stereocenters. The van der Waals surface area contributed by atoms with Crippen molar-refractivity contribution in [1.82, 2.24) is 0 Å². The van der Waals surface area contributed by atoms with E-state index in [2.05, 4.69) is 41.7 Å². The van der Waals surface area contributed by atoms with Crippen molar-refractivity contribution in [2.24, 2.45) is 0 Å². The fraction of sp³-hybridized carbons (Fsp3) is 0.400. The van der Waals surface area contributed by atoms with E-state index in [4.69, 9.17) is 0 Å². The Morgan fingerprint density at radius 2 is 2.00 bits per heavy atom. The van der Waals surface area contributed by atoms with E-state index in [1.54, 1.807) is 11.3 Å². The molecule has 1 aromatic rings. The second kappa shape index (κ2) is 3.07. The van der Waals surface area contributed by atoms with E-state index in [0.717, 1.165) is 18.9 Å². The second-order valence-electron chi connectivity index (χ2n) is 3.02. The maximum Gasteiger partial charge on any atom is 0.121 e. The van der Waals surface area contributed by atoms with Gasteiger partial charge in [0, 0.05) is 13.1 Å². The lowest BCUT2D eigenvalue weighted by atomic mass is 10.4. The van der Waals surface area contributed by atoms with Crippen LogP contribution in [0.4, 0.5) is 10.7 Å². The number of hydrogen-bond acceptors (Lipinski definition) is 3. The fourth-order valence-corrected chi connectivity index (χ4v) is 2.77. The minimum Gasteiger partial charge on any atom is -0.326 e. The topological polar surface area (TPSA) is 6.48 Å². The van der Waals surface area contributed by atoms with Crippen LogP contribution in [-0.2, 0) is 0 Å². The summed E-state index contributed by atoms with van der Waals surface area (Å²) in [6, 6.07) is 2.17. The average molecular weight is 194 g/mol. The first-order valence-electron chi connectivity index (χ1n) is 4.61. The van der Waals surface area contributed by atoms with Crippen molar-refractivity contribution in [2.45, 2.75) is 13.8 Å². The number of hydrogen-bond donors (Lipinski definition) is 0. The Labute approximate surface area is 83.1 Å². The van der Waals surface area contributed by atoms with Crippen LogP contribution in [-0.4, -0.2) is 13.1 Å². The van der Waals surface area contributed by atoms with Crippen LogP contribution in [0.25, 0.3) is 0 Å². The van der Waals surface area contributed by atoms with Crippen molar-refractivity contribution < 1.29 is 0 Å². The van der Waals surface area contributed by atoms with Gasteiger partial charge in [0.15, 0.2) is 0 Å². The van der Waals surface area contributed by atoms with Gasteiger partial charge in [0.25, 0.3) is 0 Å². The van der Waals surface area contributed by atoms with Gasteiger partial charge in [0.05, 0.1) is 5.69 Å². The summed E-state index contributed by atoms with van der Waals surface area (Å²) in [5.41, 5.74) is 1.32. The monoisotopic (exact) mass is 194 g/mol. The molecule has 2 heterocycles. The summed E-state index contributed by atoms with van der Waals surface area (Å²) >= 11 is 1.79. The number of rotatable bonds is 2. The Kier molecular flexibility index (Phi) is 2.04. The largest absolute Gasteiger partial charge is 0.326 e. The summed E-state index contributed by atoms with van der Waals surface area (Å²) in [6.45, 7) is 10.4. The molecule has 0 amide bonds. The SMILES string of the molecule is C=C1N(CC)c2ccsc2N1CC. The average Bonchev–Trinajstić information content (AvgIpc) is 2.64. The number of fused-ring (bicyclic) bond motifs is 1. The summed E-state index contributed by atoms with van der Waals surface area (Å²) in [7, 11) is 0. The molecule has 3 heteroatoms. The molecule has 0 saturated carbocycles. The second-order valence-corrected chi connectivity index (χ2v) is 3.91. The molecule has 1 aliphatic heterocycles. The van der Waals surface area contributed by atoms with E-state index < -0.39 is 0 Å². The molecule has 2 rings (SSSR count). The van der Waals surface area contributed by atoms with Gasteiger partial charge in [0.2, 0.25) is 0 Å². The zero-order valence-electron chi connectivity index (χ0n) is 8.08. The molecule has 0 spiro atoms. The molecule has 1 aromatic heterocycles. The van der Waals surface area contributed by atoms with Gasteiger partial charge < -0.3 is 9.80 Å². The van der Waals surface area contributed by atoms with Gasteiger partial charge in [-0.15, -0.1) is 11.3 Å². The molecule has 0 saturated heterocycles. The highest BCUT2D eigenvalue weighted by Crippen LogP contribution is 2.44. The minimum atomic E-state index is 0.999. The molecule has 0 bridgehead atoms. The Morgan fingerprint density at radius 3 is 2.62 bits per heavy atom. The molecule has 0 N–H and O–H groups in total. The number of thiophene rings is 1. The molecule has 0 unspecified atom stereocenters. The van der Waals surface area contributed by atoms with Gasteiger partial charge in [-0.3, -0.25) is 0 Å². The Morgan fingerprint density at radius 1 is 1.31 bits per heavy atom. The lowest BCUT2D eigenvalue weighted by Gasteiger charge is -2.21. The summed E-state index contributed by atoms with van der Waals surface area (Å²) in [4.78, 5) is 4.53. The smallest absolute Gasteiger partial charge is 0.121 e. The van der Waals surface area contributed by atoms with Crippen molar-refractivity contribution in [2.75, 3.05) is 22.9 Å². The molecule has 0 aromatic carbocycles. The zero-order chi connectivity index (χ0) is 9.42. The first kappa shape index (κ1) is 8.63. The van der Waals surface area contributed by atoms with Gasteiger partial charge in [0.1, 0.15) is 10.8 Å². The van der Waals surface area contributed by atoms with Crippen molar-refractivity contribution in [3.63, 3.8) is 0 Å². The van der Waals surface area contributed by atoms with Crippen LogP contribution in [0, 0.1) is 0 Å². The third-order valence-corrected chi connectivity index (χ3v) is 3.34. The summed E-state index contributed by atoms with van der Waals surface area (Å²) < 4.78 is 0. The number of nitrogens with zero attached hydrogens (tertiary/aromatic N) is 2. The van der Waals surface area contributed by atoms with E-state index in [1.807, 2.05) is 0 Å². The van der Waals surface area contributed by atoms with Crippen LogP contribution in [0.15, 0.2) is 23.8 Å². The molecular weight excluding hydrogens is 180 g/mol. The van der Waals surface area contributed by atoms with E-state index in [0.29, 0.717) is 0 Å². The van der Waals surface area contributed by atoms with Crippen LogP contribution in [0.1, 0.15) is 13.8 Å². The third-order valence-electron chi connectivity index (χ3n) is 2.42. The van der Waals surface area contributed by atoms with Crippen molar-refractivity contribution in [3.05, 3.63) is 23.8 Å². The normalized spacial score (nSPS) is 15.4. The zero-order valence-corrected chi connectivity index (χ0v) is 8.90. The van der Waals surface area contributed by atoms with Crippen LogP contribution in [0.3, 0.4) is 0 Å². The molecule has 0 aliphatic carbocycles. The van der Waals surface area contributed by atoms with Crippen molar-refractivity contribution in [3.8, 4) is 0 Å². The summed E-state index contributed by atoms with van der Waals surface area (Å²) in [5, 5.41) is 3.48. The highest BCUT2D eigenvalue weighted by atomic mass is 32.1. The Hall–Kier alpha value is -0.960. The standard InChI is InChI=1S/C10H14N2S/c1-4-11-8(3)12(5-2)10-9(11)6-7-13-10/h6-7H,3-5H2,1-2H3. The van der Waals surface area contributed by atoms with Crippen molar-refractivity contribution >= 4 is 22.0 Å². The highest BCUT2D eigenvalue weighted by molar-refractivity contribution is 7.15. The van der Waals surface area contributed by atoms with Crippen LogP contribution < -0.4 is 9.80 Å². The van der Waals surface area contributed by atoms with E-state index >= 15 is 0 Å². The fourth-order valence-electron chi connectivity index (χ4n) is 1.78. The van der Waals surface area contributed by atoms with Crippen LogP contribution in [0.2, 0.25) is 0 Å². The van der Waals surface area contributed by atoms with Gasteiger partial charge in [-0.1, -0.05) is 6.58 Å². The van der Waals surface area contributed by atoms with E-state index in [9.17, 15) is 0 Å². The molecule has 70 valence electrons. The predicted octanol–water partition coefficient (Wildman–Crippen LogP) is 2.89. The van der Waals surface area contributed by atoms with Crippen molar-refractivity contribution in [1.29, 1.82) is 0 Å². The predicted molar refractivity (Wildman–Crippen MR) is 59.5 cm³/mol. The lowest BCUT2D eigenvalue weighted by Crippen LogP contribution is -2.26. The molecule has 13 heavy (non-hydrogen) atoms. The maximum absolute atomic E-state index is 4.10.